The van der Waals surface area contributed by atoms with Crippen LogP contribution in [0.2, 0.25) is 16.6 Å². The molecule has 0 aliphatic rings. The number of ketones is 1. The molecule has 0 aromatic heterocycles. The number of methoxy groups -OCH3 is 1. The lowest BCUT2D eigenvalue weighted by atomic mass is 10.0. The smallest absolute Gasteiger partial charge is 0.258 e. The van der Waals surface area contributed by atoms with E-state index in [1.54, 1.807) is 7.11 Å². The van der Waals surface area contributed by atoms with E-state index in [1.165, 1.54) is 0 Å². The summed E-state index contributed by atoms with van der Waals surface area (Å²) in [5.41, 5.74) is 2.94. The third-order valence-electron chi connectivity index (χ3n) is 5.79. The topological polar surface area (TPSA) is 44.8 Å². The SMILES string of the molecule is COCOc1ccc(CC(=O)c2ccccc2)cc1O[Si](C(C)C)(C(C)C)C(C)C. The Bertz CT molecular complexity index is 793. The fourth-order valence-corrected chi connectivity index (χ4v) is 9.69. The standard InChI is InChI=1S/C25H36O4Si/c1-18(2)30(19(3)4,20(5)6)29-25-16-21(13-14-24(25)28-17-27-7)15-23(26)22-11-9-8-10-12-22/h8-14,16,18-20H,15,17H2,1-7H3. The van der Waals surface area contributed by atoms with Crippen LogP contribution in [0.15, 0.2) is 48.5 Å². The molecule has 2 aromatic carbocycles. The number of hydrogen-bond acceptors (Lipinski definition) is 4. The van der Waals surface area contributed by atoms with Crippen LogP contribution in [-0.4, -0.2) is 28.0 Å². The van der Waals surface area contributed by atoms with Gasteiger partial charge in [-0.25, -0.2) is 0 Å². The average Bonchev–Trinajstić information content (AvgIpc) is 2.71. The molecule has 0 N–H and O–H groups in total. The second-order valence-electron chi connectivity index (χ2n) is 8.72. The minimum absolute atomic E-state index is 0.0900. The molecule has 0 spiro atoms. The van der Waals surface area contributed by atoms with Crippen LogP contribution in [0.1, 0.15) is 57.5 Å². The van der Waals surface area contributed by atoms with Crippen molar-refractivity contribution >= 4 is 14.1 Å². The maximum atomic E-state index is 12.7. The average molecular weight is 429 g/mol. The molecule has 0 amide bonds. The van der Waals surface area contributed by atoms with Crippen molar-refractivity contribution in [3.8, 4) is 11.5 Å². The number of Topliss-reactive ketones (excluding diaryl/α,β-unsaturated/α-hetero) is 1. The van der Waals surface area contributed by atoms with E-state index in [-0.39, 0.29) is 12.6 Å². The molecule has 0 radical (unpaired) electrons. The van der Waals surface area contributed by atoms with Gasteiger partial charge < -0.3 is 13.9 Å². The number of carbonyl (C=O) groups excluding carboxylic acids is 1. The quantitative estimate of drug-likeness (QED) is 0.228. The third-order valence-corrected chi connectivity index (χ3v) is 11.8. The van der Waals surface area contributed by atoms with Crippen LogP contribution >= 0.6 is 0 Å². The molecule has 5 heteroatoms. The monoisotopic (exact) mass is 428 g/mol. The number of ether oxygens (including phenoxy) is 2. The predicted molar refractivity (Wildman–Crippen MR) is 125 cm³/mol. The van der Waals surface area contributed by atoms with Crippen molar-refractivity contribution in [1.29, 1.82) is 0 Å². The van der Waals surface area contributed by atoms with Crippen molar-refractivity contribution in [1.82, 2.24) is 0 Å². The van der Waals surface area contributed by atoms with E-state index in [0.29, 0.717) is 34.5 Å². The highest BCUT2D eigenvalue weighted by Crippen LogP contribution is 2.45. The van der Waals surface area contributed by atoms with Crippen molar-refractivity contribution in [3.05, 3.63) is 59.7 Å². The van der Waals surface area contributed by atoms with E-state index >= 15 is 0 Å². The van der Waals surface area contributed by atoms with Gasteiger partial charge in [-0.2, -0.15) is 0 Å². The molecule has 0 saturated heterocycles. The summed E-state index contributed by atoms with van der Waals surface area (Å²) < 4.78 is 17.8. The molecule has 0 bridgehead atoms. The molecule has 0 saturated carbocycles. The fraction of sp³-hybridized carbons (Fsp3) is 0.480. The van der Waals surface area contributed by atoms with Gasteiger partial charge in [-0.05, 0) is 34.3 Å². The van der Waals surface area contributed by atoms with E-state index in [1.807, 2.05) is 48.5 Å². The van der Waals surface area contributed by atoms with Gasteiger partial charge in [-0.3, -0.25) is 4.79 Å². The van der Waals surface area contributed by atoms with Gasteiger partial charge >= 0.3 is 0 Å². The van der Waals surface area contributed by atoms with Crippen molar-refractivity contribution in [2.24, 2.45) is 0 Å². The third kappa shape index (κ3) is 5.52. The Balaban J connectivity index is 2.41. The summed E-state index contributed by atoms with van der Waals surface area (Å²) in [5.74, 6) is 1.46. The molecule has 0 unspecified atom stereocenters. The lowest BCUT2D eigenvalue weighted by Crippen LogP contribution is -2.50. The summed E-state index contributed by atoms with van der Waals surface area (Å²) >= 11 is 0. The van der Waals surface area contributed by atoms with Crippen LogP contribution in [0.4, 0.5) is 0 Å². The van der Waals surface area contributed by atoms with E-state index in [4.69, 9.17) is 13.9 Å². The summed E-state index contributed by atoms with van der Waals surface area (Å²) in [6, 6.07) is 15.2. The summed E-state index contributed by atoms with van der Waals surface area (Å²) in [5, 5.41) is 0. The lowest BCUT2D eigenvalue weighted by Gasteiger charge is -2.42. The minimum atomic E-state index is -2.17. The van der Waals surface area contributed by atoms with E-state index in [9.17, 15) is 4.79 Å². The van der Waals surface area contributed by atoms with Crippen LogP contribution in [0.3, 0.4) is 0 Å². The van der Waals surface area contributed by atoms with Crippen molar-refractivity contribution in [3.63, 3.8) is 0 Å². The van der Waals surface area contributed by atoms with E-state index < -0.39 is 8.32 Å². The van der Waals surface area contributed by atoms with Gasteiger partial charge in [-0.1, -0.05) is 77.9 Å². The van der Waals surface area contributed by atoms with Crippen molar-refractivity contribution < 1.29 is 18.7 Å². The predicted octanol–water partition coefficient (Wildman–Crippen LogP) is 6.65. The number of benzene rings is 2. The molecule has 0 aliphatic heterocycles. The summed E-state index contributed by atoms with van der Waals surface area (Å²) in [4.78, 5) is 12.7. The Morgan fingerprint density at radius 3 is 2.00 bits per heavy atom. The van der Waals surface area contributed by atoms with Crippen LogP contribution in [0, 0.1) is 0 Å². The molecule has 2 rings (SSSR count). The Morgan fingerprint density at radius 2 is 1.47 bits per heavy atom. The number of rotatable bonds is 11. The first kappa shape index (κ1) is 24.2. The lowest BCUT2D eigenvalue weighted by molar-refractivity contribution is 0.0497. The van der Waals surface area contributed by atoms with Gasteiger partial charge in [0.05, 0.1) is 0 Å². The molecule has 30 heavy (non-hydrogen) atoms. The van der Waals surface area contributed by atoms with Gasteiger partial charge in [0.25, 0.3) is 8.32 Å². The van der Waals surface area contributed by atoms with Crippen molar-refractivity contribution in [2.75, 3.05) is 13.9 Å². The van der Waals surface area contributed by atoms with Gasteiger partial charge in [-0.15, -0.1) is 0 Å². The van der Waals surface area contributed by atoms with E-state index in [0.717, 1.165) is 11.1 Å². The minimum Gasteiger partial charge on any atom is -0.540 e. The fourth-order valence-electron chi connectivity index (χ4n) is 4.44. The zero-order valence-electron chi connectivity index (χ0n) is 19.4. The molecule has 4 nitrogen and oxygen atoms in total. The first-order chi connectivity index (χ1) is 14.2. The molecule has 0 heterocycles. The summed E-state index contributed by atoms with van der Waals surface area (Å²) in [6.45, 7) is 13.7. The Labute approximate surface area is 182 Å². The highest BCUT2D eigenvalue weighted by atomic mass is 28.4. The van der Waals surface area contributed by atoms with E-state index in [2.05, 4.69) is 41.5 Å². The Morgan fingerprint density at radius 1 is 0.867 bits per heavy atom. The molecule has 0 atom stereocenters. The Kier molecular flexibility index (Phi) is 8.68. The summed E-state index contributed by atoms with van der Waals surface area (Å²) in [7, 11) is -0.572. The zero-order chi connectivity index (χ0) is 22.3. The molecular weight excluding hydrogens is 392 g/mol. The number of hydrogen-bond donors (Lipinski definition) is 0. The van der Waals surface area contributed by atoms with Crippen molar-refractivity contribution in [2.45, 2.75) is 64.6 Å². The maximum Gasteiger partial charge on any atom is 0.258 e. The Hall–Kier alpha value is -2.11. The van der Waals surface area contributed by atoms with Crippen LogP contribution in [0.5, 0.6) is 11.5 Å². The van der Waals surface area contributed by atoms with Crippen LogP contribution < -0.4 is 9.16 Å². The largest absolute Gasteiger partial charge is 0.540 e. The first-order valence-electron chi connectivity index (χ1n) is 10.7. The van der Waals surface area contributed by atoms with Gasteiger partial charge in [0, 0.05) is 19.1 Å². The van der Waals surface area contributed by atoms with Crippen LogP contribution in [-0.2, 0) is 11.2 Å². The molecule has 0 aliphatic carbocycles. The van der Waals surface area contributed by atoms with Gasteiger partial charge in [0.2, 0.25) is 0 Å². The second kappa shape index (κ2) is 10.8. The molecule has 0 fully saturated rings. The molecule has 2 aromatic rings. The summed E-state index contributed by atoms with van der Waals surface area (Å²) in [6.07, 6.45) is 0.324. The zero-order valence-corrected chi connectivity index (χ0v) is 20.4. The van der Waals surface area contributed by atoms with Gasteiger partial charge in [0.1, 0.15) is 5.75 Å². The highest BCUT2D eigenvalue weighted by Gasteiger charge is 2.47. The molecular formula is C25H36O4Si. The molecule has 164 valence electrons. The second-order valence-corrected chi connectivity index (χ2v) is 14.1. The first-order valence-corrected chi connectivity index (χ1v) is 12.9. The normalized spacial score (nSPS) is 11.9. The maximum absolute atomic E-state index is 12.7. The number of carbonyl (C=O) groups is 1. The van der Waals surface area contributed by atoms with Gasteiger partial charge in [0.15, 0.2) is 18.3 Å². The highest BCUT2D eigenvalue weighted by molar-refractivity contribution is 6.78. The van der Waals surface area contributed by atoms with Crippen LogP contribution in [0.25, 0.3) is 0 Å².